The highest BCUT2D eigenvalue weighted by atomic mass is 35.5. The third kappa shape index (κ3) is 4.01. The van der Waals surface area contributed by atoms with Gasteiger partial charge in [0, 0.05) is 23.3 Å². The van der Waals surface area contributed by atoms with Gasteiger partial charge >= 0.3 is 0 Å². The highest BCUT2D eigenvalue weighted by Gasteiger charge is 2.34. The predicted octanol–water partition coefficient (Wildman–Crippen LogP) is 6.26. The van der Waals surface area contributed by atoms with E-state index < -0.39 is 0 Å². The summed E-state index contributed by atoms with van der Waals surface area (Å²) in [5.41, 5.74) is 5.54. The summed E-state index contributed by atoms with van der Waals surface area (Å²) in [7, 11) is 2.16. The van der Waals surface area contributed by atoms with Gasteiger partial charge in [0.15, 0.2) is 5.17 Å². The summed E-state index contributed by atoms with van der Waals surface area (Å²) in [6, 6.07) is 12.0. The molecule has 6 heteroatoms. The van der Waals surface area contributed by atoms with Crippen molar-refractivity contribution in [2.75, 3.05) is 11.9 Å². The highest BCUT2D eigenvalue weighted by molar-refractivity contribution is 8.18. The van der Waals surface area contributed by atoms with Gasteiger partial charge in [0.1, 0.15) is 0 Å². The van der Waals surface area contributed by atoms with Crippen molar-refractivity contribution in [1.82, 2.24) is 5.32 Å². The number of benzene rings is 2. The van der Waals surface area contributed by atoms with E-state index in [2.05, 4.69) is 61.2 Å². The Morgan fingerprint density at radius 1 is 1.27 bits per heavy atom. The van der Waals surface area contributed by atoms with Crippen LogP contribution < -0.4 is 10.2 Å². The van der Waals surface area contributed by atoms with E-state index in [1.807, 2.05) is 25.1 Å². The van der Waals surface area contributed by atoms with E-state index in [1.54, 1.807) is 6.07 Å². The number of rotatable bonds is 2. The molecule has 1 amide bonds. The average molecular weight is 440 g/mol. The molecular formula is C24H26ClN3OS. The molecule has 0 aliphatic carbocycles. The summed E-state index contributed by atoms with van der Waals surface area (Å²) in [5, 5.41) is 4.06. The Morgan fingerprint density at radius 3 is 2.80 bits per heavy atom. The average Bonchev–Trinajstić information content (AvgIpc) is 3.01. The molecule has 156 valence electrons. The van der Waals surface area contributed by atoms with E-state index in [0.29, 0.717) is 21.0 Å². The lowest BCUT2D eigenvalue weighted by molar-refractivity contribution is -0.115. The van der Waals surface area contributed by atoms with Crippen LogP contribution in [0.4, 0.5) is 11.4 Å². The van der Waals surface area contributed by atoms with Gasteiger partial charge in [-0.05, 0) is 91.9 Å². The van der Waals surface area contributed by atoms with Crippen molar-refractivity contribution in [1.29, 1.82) is 0 Å². The molecule has 4 nitrogen and oxygen atoms in total. The fourth-order valence-corrected chi connectivity index (χ4v) is 5.13. The van der Waals surface area contributed by atoms with Gasteiger partial charge in [-0.1, -0.05) is 30.7 Å². The molecule has 30 heavy (non-hydrogen) atoms. The number of halogens is 1. The quantitative estimate of drug-likeness (QED) is 0.561. The Bertz CT molecular complexity index is 1090. The second kappa shape index (κ2) is 7.78. The molecule has 0 aromatic heterocycles. The maximum Gasteiger partial charge on any atom is 0.264 e. The smallest absolute Gasteiger partial charge is 0.264 e. The van der Waals surface area contributed by atoms with Crippen LogP contribution in [0.15, 0.2) is 46.3 Å². The van der Waals surface area contributed by atoms with Gasteiger partial charge in [0.2, 0.25) is 0 Å². The lowest BCUT2D eigenvalue weighted by atomic mass is 9.80. The number of anilines is 1. The van der Waals surface area contributed by atoms with Crippen LogP contribution in [0.3, 0.4) is 0 Å². The number of fused-ring (bicyclic) bond motifs is 1. The summed E-state index contributed by atoms with van der Waals surface area (Å²) in [5.74, 6) is 0.347. The number of nitrogens with one attached hydrogen (secondary N) is 1. The molecule has 0 unspecified atom stereocenters. The van der Waals surface area contributed by atoms with Crippen LogP contribution in [-0.4, -0.2) is 23.7 Å². The number of thioether (sulfide) groups is 1. The Morgan fingerprint density at radius 2 is 2.03 bits per heavy atom. The third-order valence-corrected chi connectivity index (χ3v) is 7.14. The molecule has 2 aromatic carbocycles. The van der Waals surface area contributed by atoms with E-state index >= 15 is 0 Å². The van der Waals surface area contributed by atoms with Gasteiger partial charge in [-0.3, -0.25) is 4.79 Å². The van der Waals surface area contributed by atoms with E-state index in [0.717, 1.165) is 23.2 Å². The number of amidine groups is 1. The molecule has 1 N–H and O–H groups in total. The van der Waals surface area contributed by atoms with Crippen molar-refractivity contribution < 1.29 is 4.79 Å². The predicted molar refractivity (Wildman–Crippen MR) is 129 cm³/mol. The summed E-state index contributed by atoms with van der Waals surface area (Å²) in [4.78, 5) is 20.1. The van der Waals surface area contributed by atoms with Crippen molar-refractivity contribution in [2.45, 2.75) is 45.6 Å². The molecule has 0 spiro atoms. The number of aryl methyl sites for hydroxylation is 1. The Labute approximate surface area is 187 Å². The van der Waals surface area contributed by atoms with Gasteiger partial charge in [-0.2, -0.15) is 0 Å². The zero-order valence-corrected chi connectivity index (χ0v) is 19.5. The second-order valence-corrected chi connectivity index (χ2v) is 10.2. The molecule has 1 atom stereocenters. The highest BCUT2D eigenvalue weighted by Crippen LogP contribution is 2.43. The minimum Gasteiger partial charge on any atom is -0.369 e. The fraction of sp³-hybridized carbons (Fsp3) is 0.333. The fourth-order valence-electron chi connectivity index (χ4n) is 4.13. The van der Waals surface area contributed by atoms with E-state index in [-0.39, 0.29) is 11.4 Å². The number of nitrogens with zero attached hydrogens (tertiary/aromatic N) is 2. The molecule has 0 saturated carbocycles. The standard InChI is InChI=1S/C24H26ClN3OS/c1-14-6-8-17(25)12-19(14)26-23-27-22(29)21(30-23)11-16-7-9-20-18(10-16)15(2)13-24(3,4)28(20)5/h6-12,15H,13H2,1-5H3,(H,26,27,29)/b21-11-/t15-/m1/s1. The van der Waals surface area contributed by atoms with Crippen LogP contribution in [0.1, 0.15) is 49.8 Å². The van der Waals surface area contributed by atoms with Gasteiger partial charge < -0.3 is 10.2 Å². The van der Waals surface area contributed by atoms with Crippen LogP contribution in [0.25, 0.3) is 6.08 Å². The number of hydrogen-bond acceptors (Lipinski definition) is 4. The second-order valence-electron chi connectivity index (χ2n) is 8.71. The van der Waals surface area contributed by atoms with Crippen LogP contribution in [0.2, 0.25) is 5.02 Å². The molecule has 2 heterocycles. The van der Waals surface area contributed by atoms with Gasteiger partial charge in [0.05, 0.1) is 10.6 Å². The number of hydrogen-bond donors (Lipinski definition) is 1. The maximum absolute atomic E-state index is 12.5. The minimum atomic E-state index is -0.123. The number of amides is 1. The van der Waals surface area contributed by atoms with Crippen LogP contribution >= 0.6 is 23.4 Å². The summed E-state index contributed by atoms with van der Waals surface area (Å²) < 4.78 is 0. The van der Waals surface area contributed by atoms with Gasteiger partial charge in [0.25, 0.3) is 5.91 Å². The Hall–Kier alpha value is -2.24. The van der Waals surface area contributed by atoms with E-state index in [1.165, 1.54) is 23.0 Å². The van der Waals surface area contributed by atoms with E-state index in [9.17, 15) is 4.79 Å². The molecule has 2 aliphatic heterocycles. The first kappa shape index (κ1) is 21.0. The summed E-state index contributed by atoms with van der Waals surface area (Å²) in [6.45, 7) is 8.81. The minimum absolute atomic E-state index is 0.123. The number of carbonyl (C=O) groups excluding carboxylic acids is 1. The zero-order valence-electron chi connectivity index (χ0n) is 17.9. The molecule has 1 fully saturated rings. The molecule has 0 radical (unpaired) electrons. The van der Waals surface area contributed by atoms with Crippen molar-refractivity contribution >= 4 is 51.9 Å². The van der Waals surface area contributed by atoms with Crippen LogP contribution in [-0.2, 0) is 4.79 Å². The maximum atomic E-state index is 12.5. The Kier molecular flexibility index (Phi) is 5.45. The summed E-state index contributed by atoms with van der Waals surface area (Å²) >= 11 is 7.44. The first-order valence-corrected chi connectivity index (χ1v) is 11.3. The van der Waals surface area contributed by atoms with Crippen molar-refractivity contribution in [3.63, 3.8) is 0 Å². The van der Waals surface area contributed by atoms with Gasteiger partial charge in [-0.15, -0.1) is 0 Å². The molecule has 4 rings (SSSR count). The van der Waals surface area contributed by atoms with Crippen molar-refractivity contribution in [3.05, 3.63) is 63.0 Å². The SMILES string of the molecule is Cc1ccc(Cl)cc1N=C1NC(=O)/C(=C/c2ccc3c(c2)[C@H](C)CC(C)(C)N3C)S1. The molecule has 2 aliphatic rings. The molecule has 0 bridgehead atoms. The monoisotopic (exact) mass is 439 g/mol. The number of carbonyl (C=O) groups is 1. The molecule has 2 aromatic rings. The molecular weight excluding hydrogens is 414 g/mol. The lowest BCUT2D eigenvalue weighted by Crippen LogP contribution is -2.45. The van der Waals surface area contributed by atoms with Gasteiger partial charge in [-0.25, -0.2) is 4.99 Å². The topological polar surface area (TPSA) is 44.7 Å². The lowest BCUT2D eigenvalue weighted by Gasteiger charge is -2.45. The van der Waals surface area contributed by atoms with Crippen molar-refractivity contribution in [2.24, 2.45) is 4.99 Å². The van der Waals surface area contributed by atoms with Crippen LogP contribution in [0, 0.1) is 6.92 Å². The van der Waals surface area contributed by atoms with Crippen LogP contribution in [0.5, 0.6) is 0 Å². The molecule has 1 saturated heterocycles. The zero-order chi connectivity index (χ0) is 21.6. The first-order valence-electron chi connectivity index (χ1n) is 10.1. The largest absolute Gasteiger partial charge is 0.369 e. The third-order valence-electron chi connectivity index (χ3n) is 6.00. The Balaban J connectivity index is 1.62. The van der Waals surface area contributed by atoms with Crippen molar-refractivity contribution in [3.8, 4) is 0 Å². The van der Waals surface area contributed by atoms with E-state index in [4.69, 9.17) is 11.6 Å². The summed E-state index contributed by atoms with van der Waals surface area (Å²) in [6.07, 6.45) is 3.04. The first-order chi connectivity index (χ1) is 14.1. The number of aliphatic imine (C=N–C) groups is 1. The normalized spacial score (nSPS) is 23.1.